The smallest absolute Gasteiger partial charge is 0.251 e. The van der Waals surface area contributed by atoms with Gasteiger partial charge >= 0.3 is 0 Å². The summed E-state index contributed by atoms with van der Waals surface area (Å²) < 4.78 is 11.3. The van der Waals surface area contributed by atoms with Crippen LogP contribution in [0.5, 0.6) is 11.5 Å². The minimum atomic E-state index is -0.233. The lowest BCUT2D eigenvalue weighted by Crippen LogP contribution is -2.34. The highest BCUT2D eigenvalue weighted by atomic mass is 16.5. The predicted octanol–water partition coefficient (Wildman–Crippen LogP) is 2.66. The van der Waals surface area contributed by atoms with Crippen molar-refractivity contribution in [1.29, 1.82) is 0 Å². The summed E-state index contributed by atoms with van der Waals surface area (Å²) in [5.41, 5.74) is 0.486. The largest absolute Gasteiger partial charge is 0.493 e. The third-order valence-corrected chi connectivity index (χ3v) is 4.11. The maximum absolute atomic E-state index is 12.2. The summed E-state index contributed by atoms with van der Waals surface area (Å²) in [4.78, 5) is 23.8. The number of nitrogens with one attached hydrogen (secondary N) is 2. The van der Waals surface area contributed by atoms with Crippen LogP contribution in [0.15, 0.2) is 18.2 Å². The molecule has 1 aromatic rings. The van der Waals surface area contributed by atoms with Crippen molar-refractivity contribution in [1.82, 2.24) is 10.6 Å². The fourth-order valence-electron chi connectivity index (χ4n) is 2.88. The summed E-state index contributed by atoms with van der Waals surface area (Å²) in [6.07, 6.45) is 4.99. The van der Waals surface area contributed by atoms with Crippen LogP contribution in [0.4, 0.5) is 0 Å². The summed E-state index contributed by atoms with van der Waals surface area (Å²) in [6, 6.07) is 5.27. The molecule has 1 aliphatic rings. The molecule has 2 rings (SSSR count). The van der Waals surface area contributed by atoms with E-state index in [1.165, 1.54) is 12.8 Å². The molecule has 0 atom stereocenters. The van der Waals surface area contributed by atoms with Crippen molar-refractivity contribution < 1.29 is 19.1 Å². The molecule has 2 N–H and O–H groups in total. The molecule has 0 aromatic heterocycles. The Morgan fingerprint density at radius 2 is 1.92 bits per heavy atom. The van der Waals surface area contributed by atoms with Crippen LogP contribution in [0.1, 0.15) is 56.3 Å². The van der Waals surface area contributed by atoms with Crippen molar-refractivity contribution in [2.45, 2.75) is 58.1 Å². The van der Waals surface area contributed by atoms with Crippen molar-refractivity contribution in [3.8, 4) is 11.5 Å². The SMILES string of the molecule is COc1cc(C(=O)NCCC(=O)NC(C)C)ccc1OC1CCCC1. The topological polar surface area (TPSA) is 76.7 Å². The van der Waals surface area contributed by atoms with Crippen LogP contribution in [0.2, 0.25) is 0 Å². The summed E-state index contributed by atoms with van der Waals surface area (Å²) >= 11 is 0. The quantitative estimate of drug-likeness (QED) is 0.757. The van der Waals surface area contributed by atoms with Gasteiger partial charge in [-0.3, -0.25) is 9.59 Å². The van der Waals surface area contributed by atoms with E-state index < -0.39 is 0 Å². The molecular formula is C19H28N2O4. The zero-order chi connectivity index (χ0) is 18.2. The number of benzene rings is 1. The molecule has 138 valence electrons. The lowest BCUT2D eigenvalue weighted by molar-refractivity contribution is -0.121. The van der Waals surface area contributed by atoms with Crippen molar-refractivity contribution in [3.05, 3.63) is 23.8 Å². The van der Waals surface area contributed by atoms with Gasteiger partial charge in [-0.2, -0.15) is 0 Å². The van der Waals surface area contributed by atoms with Crippen LogP contribution >= 0.6 is 0 Å². The van der Waals surface area contributed by atoms with E-state index in [9.17, 15) is 9.59 Å². The van der Waals surface area contributed by atoms with Crippen LogP contribution in [-0.4, -0.2) is 37.6 Å². The van der Waals surface area contributed by atoms with Gasteiger partial charge in [-0.05, 0) is 57.7 Å². The standard InChI is InChI=1S/C19H28N2O4/c1-13(2)21-18(22)10-11-20-19(23)14-8-9-16(17(12-14)24-3)25-15-6-4-5-7-15/h8-9,12-13,15H,4-7,10-11H2,1-3H3,(H,20,23)(H,21,22). The van der Waals surface area contributed by atoms with E-state index in [0.29, 0.717) is 23.6 Å². The molecule has 0 saturated heterocycles. The van der Waals surface area contributed by atoms with Gasteiger partial charge in [0.25, 0.3) is 5.91 Å². The summed E-state index contributed by atoms with van der Waals surface area (Å²) in [7, 11) is 1.56. The minimum absolute atomic E-state index is 0.0757. The highest BCUT2D eigenvalue weighted by Gasteiger charge is 2.19. The first-order chi connectivity index (χ1) is 12.0. The Morgan fingerprint density at radius 3 is 2.56 bits per heavy atom. The van der Waals surface area contributed by atoms with E-state index in [1.54, 1.807) is 25.3 Å². The summed E-state index contributed by atoms with van der Waals surface area (Å²) in [6.45, 7) is 4.09. The molecule has 1 aromatic carbocycles. The molecule has 6 nitrogen and oxygen atoms in total. The summed E-state index contributed by atoms with van der Waals surface area (Å²) in [5.74, 6) is 0.913. The highest BCUT2D eigenvalue weighted by molar-refractivity contribution is 5.95. The maximum atomic E-state index is 12.2. The molecule has 0 unspecified atom stereocenters. The number of carbonyl (C=O) groups is 2. The van der Waals surface area contributed by atoms with Crippen LogP contribution in [-0.2, 0) is 4.79 Å². The fraction of sp³-hybridized carbons (Fsp3) is 0.579. The molecule has 0 radical (unpaired) electrons. The van der Waals surface area contributed by atoms with E-state index in [-0.39, 0.29) is 30.4 Å². The Labute approximate surface area is 149 Å². The predicted molar refractivity (Wildman–Crippen MR) is 96.1 cm³/mol. The Bertz CT molecular complexity index is 595. The molecular weight excluding hydrogens is 320 g/mol. The number of hydrogen-bond acceptors (Lipinski definition) is 4. The molecule has 2 amide bonds. The van der Waals surface area contributed by atoms with E-state index in [0.717, 1.165) is 12.8 Å². The van der Waals surface area contributed by atoms with Crippen molar-refractivity contribution in [3.63, 3.8) is 0 Å². The zero-order valence-electron chi connectivity index (χ0n) is 15.3. The van der Waals surface area contributed by atoms with E-state index in [1.807, 2.05) is 13.8 Å². The molecule has 1 saturated carbocycles. The van der Waals surface area contributed by atoms with Crippen LogP contribution in [0.25, 0.3) is 0 Å². The fourth-order valence-corrected chi connectivity index (χ4v) is 2.88. The second-order valence-electron chi connectivity index (χ2n) is 6.62. The number of ether oxygens (including phenoxy) is 2. The van der Waals surface area contributed by atoms with Crippen molar-refractivity contribution >= 4 is 11.8 Å². The van der Waals surface area contributed by atoms with E-state index in [2.05, 4.69) is 10.6 Å². The second kappa shape index (κ2) is 9.30. The van der Waals surface area contributed by atoms with E-state index in [4.69, 9.17) is 9.47 Å². The first-order valence-electron chi connectivity index (χ1n) is 8.92. The molecule has 25 heavy (non-hydrogen) atoms. The normalized spacial score (nSPS) is 14.4. The van der Waals surface area contributed by atoms with Gasteiger partial charge in [0.15, 0.2) is 11.5 Å². The molecule has 0 heterocycles. The maximum Gasteiger partial charge on any atom is 0.251 e. The van der Waals surface area contributed by atoms with Crippen LogP contribution in [0, 0.1) is 0 Å². The Balaban J connectivity index is 1.90. The minimum Gasteiger partial charge on any atom is -0.493 e. The van der Waals surface area contributed by atoms with Crippen molar-refractivity contribution in [2.24, 2.45) is 0 Å². The number of rotatable bonds is 8. The molecule has 6 heteroatoms. The van der Waals surface area contributed by atoms with Gasteiger partial charge in [0.1, 0.15) is 0 Å². The number of amides is 2. The van der Waals surface area contributed by atoms with Gasteiger partial charge in [0, 0.05) is 24.6 Å². The Hall–Kier alpha value is -2.24. The first-order valence-corrected chi connectivity index (χ1v) is 8.92. The van der Waals surface area contributed by atoms with E-state index >= 15 is 0 Å². The zero-order valence-corrected chi connectivity index (χ0v) is 15.3. The van der Waals surface area contributed by atoms with Gasteiger partial charge in [-0.1, -0.05) is 0 Å². The monoisotopic (exact) mass is 348 g/mol. The third kappa shape index (κ3) is 5.96. The Morgan fingerprint density at radius 1 is 1.20 bits per heavy atom. The highest BCUT2D eigenvalue weighted by Crippen LogP contribution is 2.32. The lowest BCUT2D eigenvalue weighted by atomic mass is 10.2. The number of methoxy groups -OCH3 is 1. The molecule has 1 aliphatic carbocycles. The van der Waals surface area contributed by atoms with Gasteiger partial charge in [-0.15, -0.1) is 0 Å². The van der Waals surface area contributed by atoms with Gasteiger partial charge in [0.05, 0.1) is 13.2 Å². The average Bonchev–Trinajstić information content (AvgIpc) is 3.07. The molecule has 0 spiro atoms. The molecule has 1 fully saturated rings. The average molecular weight is 348 g/mol. The van der Waals surface area contributed by atoms with Crippen LogP contribution < -0.4 is 20.1 Å². The van der Waals surface area contributed by atoms with Gasteiger partial charge < -0.3 is 20.1 Å². The van der Waals surface area contributed by atoms with Crippen molar-refractivity contribution in [2.75, 3.05) is 13.7 Å². The number of hydrogen-bond donors (Lipinski definition) is 2. The third-order valence-electron chi connectivity index (χ3n) is 4.11. The molecule has 0 bridgehead atoms. The summed E-state index contributed by atoms with van der Waals surface area (Å²) in [5, 5.41) is 5.54. The second-order valence-corrected chi connectivity index (χ2v) is 6.62. The molecule has 0 aliphatic heterocycles. The first kappa shape index (κ1) is 19.1. The van der Waals surface area contributed by atoms with Gasteiger partial charge in [-0.25, -0.2) is 0 Å². The van der Waals surface area contributed by atoms with Gasteiger partial charge in [0.2, 0.25) is 5.91 Å². The lowest BCUT2D eigenvalue weighted by Gasteiger charge is -2.16. The number of carbonyl (C=O) groups excluding carboxylic acids is 2. The Kier molecular flexibility index (Phi) is 7.10. The van der Waals surface area contributed by atoms with Crippen LogP contribution in [0.3, 0.4) is 0 Å².